The van der Waals surface area contributed by atoms with Gasteiger partial charge in [-0.25, -0.2) is 9.67 Å². The largest absolute Gasteiger partial charge is 0.352 e. The van der Waals surface area contributed by atoms with Gasteiger partial charge < -0.3 is 10.2 Å². The maximum atomic E-state index is 4.50. The highest BCUT2D eigenvalue weighted by Crippen LogP contribution is 2.24. The summed E-state index contributed by atoms with van der Waals surface area (Å²) in [5, 5.41) is 7.61. The maximum absolute atomic E-state index is 4.50. The van der Waals surface area contributed by atoms with Gasteiger partial charge >= 0.3 is 0 Å². The Bertz CT molecular complexity index is 883. The molecule has 26 heavy (non-hydrogen) atoms. The van der Waals surface area contributed by atoms with Crippen LogP contribution < -0.4 is 5.32 Å². The Morgan fingerprint density at radius 1 is 1.08 bits per heavy atom. The zero-order chi connectivity index (χ0) is 17.8. The van der Waals surface area contributed by atoms with E-state index in [0.717, 1.165) is 32.1 Å². The number of guanidine groups is 1. The Morgan fingerprint density at radius 3 is 2.65 bits per heavy atom. The highest BCUT2D eigenvalue weighted by Gasteiger charge is 2.12. The van der Waals surface area contributed by atoms with Gasteiger partial charge in [-0.15, -0.1) is 0 Å². The van der Waals surface area contributed by atoms with Crippen molar-refractivity contribution in [3.8, 4) is 11.1 Å². The van der Waals surface area contributed by atoms with Gasteiger partial charge in [0.05, 0.1) is 13.1 Å². The fourth-order valence-corrected chi connectivity index (χ4v) is 3.14. The molecule has 2 heterocycles. The highest BCUT2D eigenvalue weighted by molar-refractivity contribution is 5.81. The van der Waals surface area contributed by atoms with Crippen molar-refractivity contribution in [2.24, 2.45) is 4.99 Å². The molecule has 0 unspecified atom stereocenters. The third kappa shape index (κ3) is 3.59. The van der Waals surface area contributed by atoms with E-state index in [1.54, 1.807) is 12.7 Å². The summed E-state index contributed by atoms with van der Waals surface area (Å²) in [6, 6.07) is 17.1. The predicted octanol–water partition coefficient (Wildman–Crippen LogP) is 2.38. The Labute approximate surface area is 153 Å². The van der Waals surface area contributed by atoms with Gasteiger partial charge in [-0.05, 0) is 22.3 Å². The van der Waals surface area contributed by atoms with Crippen LogP contribution in [0.25, 0.3) is 11.1 Å². The topological polar surface area (TPSA) is 58.3 Å². The number of nitrogens with one attached hydrogen (secondary N) is 1. The van der Waals surface area contributed by atoms with Crippen molar-refractivity contribution < 1.29 is 0 Å². The standard InChI is InChI=1S/C20H22N6/c1-25-11-10-22-20(25)23-12-18-4-2-3-5-19(18)17-8-6-16(7-9-17)13-26-15-21-14-24-26/h2-9,14-15H,10-13H2,1H3,(H,22,23). The molecule has 1 N–H and O–H groups in total. The van der Waals surface area contributed by atoms with Crippen LogP contribution in [0, 0.1) is 0 Å². The molecule has 0 bridgehead atoms. The minimum absolute atomic E-state index is 0.732. The molecule has 1 aromatic heterocycles. The number of benzene rings is 2. The van der Waals surface area contributed by atoms with Crippen LogP contribution in [0.4, 0.5) is 0 Å². The van der Waals surface area contributed by atoms with E-state index in [9.17, 15) is 0 Å². The summed E-state index contributed by atoms with van der Waals surface area (Å²) in [6.07, 6.45) is 3.29. The minimum atomic E-state index is 0.732. The van der Waals surface area contributed by atoms with Gasteiger partial charge in [0.2, 0.25) is 0 Å². The van der Waals surface area contributed by atoms with Crippen molar-refractivity contribution in [3.05, 3.63) is 72.3 Å². The van der Waals surface area contributed by atoms with Crippen molar-refractivity contribution in [1.82, 2.24) is 25.0 Å². The number of nitrogens with zero attached hydrogens (tertiary/aromatic N) is 5. The summed E-state index contributed by atoms with van der Waals surface area (Å²) in [4.78, 5) is 10.6. The van der Waals surface area contributed by atoms with E-state index in [1.807, 2.05) is 4.68 Å². The van der Waals surface area contributed by atoms with Gasteiger partial charge in [0.15, 0.2) is 5.96 Å². The molecule has 0 fully saturated rings. The number of rotatable bonds is 5. The van der Waals surface area contributed by atoms with Gasteiger partial charge in [-0.3, -0.25) is 4.99 Å². The molecule has 3 aromatic rings. The SMILES string of the molecule is CN1CCN=C1NCc1ccccc1-c1ccc(Cn2cncn2)cc1. The van der Waals surface area contributed by atoms with Gasteiger partial charge in [-0.2, -0.15) is 5.10 Å². The lowest BCUT2D eigenvalue weighted by atomic mass is 9.98. The first kappa shape index (κ1) is 16.3. The van der Waals surface area contributed by atoms with Crippen LogP contribution in [0.5, 0.6) is 0 Å². The van der Waals surface area contributed by atoms with Crippen LogP contribution in [0.3, 0.4) is 0 Å². The van der Waals surface area contributed by atoms with E-state index < -0.39 is 0 Å². The second-order valence-electron chi connectivity index (χ2n) is 6.43. The van der Waals surface area contributed by atoms with Crippen LogP contribution in [-0.4, -0.2) is 45.8 Å². The smallest absolute Gasteiger partial charge is 0.194 e. The summed E-state index contributed by atoms with van der Waals surface area (Å²) in [5.41, 5.74) is 4.93. The lowest BCUT2D eigenvalue weighted by molar-refractivity contribution is 0.534. The van der Waals surface area contributed by atoms with Crippen molar-refractivity contribution in [1.29, 1.82) is 0 Å². The zero-order valence-electron chi connectivity index (χ0n) is 14.8. The fourth-order valence-electron chi connectivity index (χ4n) is 3.14. The van der Waals surface area contributed by atoms with Crippen LogP contribution >= 0.6 is 0 Å². The summed E-state index contributed by atoms with van der Waals surface area (Å²) in [6.45, 7) is 3.35. The van der Waals surface area contributed by atoms with Gasteiger partial charge in [0, 0.05) is 20.1 Å². The summed E-state index contributed by atoms with van der Waals surface area (Å²) >= 11 is 0. The highest BCUT2D eigenvalue weighted by atomic mass is 15.3. The molecule has 1 aliphatic rings. The van der Waals surface area contributed by atoms with E-state index in [-0.39, 0.29) is 0 Å². The molecule has 4 rings (SSSR count). The van der Waals surface area contributed by atoms with Gasteiger partial charge in [0.25, 0.3) is 0 Å². The average Bonchev–Trinajstić information content (AvgIpc) is 3.33. The van der Waals surface area contributed by atoms with E-state index in [0.29, 0.717) is 0 Å². The van der Waals surface area contributed by atoms with Crippen LogP contribution in [0.15, 0.2) is 66.2 Å². The lowest BCUT2D eigenvalue weighted by Crippen LogP contribution is -2.35. The number of likely N-dealkylation sites (N-methyl/N-ethyl adjacent to an activating group) is 1. The van der Waals surface area contributed by atoms with Crippen LogP contribution in [0.1, 0.15) is 11.1 Å². The number of aliphatic imine (C=N–C) groups is 1. The molecule has 0 saturated carbocycles. The lowest BCUT2D eigenvalue weighted by Gasteiger charge is -2.17. The van der Waals surface area contributed by atoms with Gasteiger partial charge in [-0.1, -0.05) is 48.5 Å². The molecule has 0 spiro atoms. The third-order valence-electron chi connectivity index (χ3n) is 4.59. The molecule has 6 nitrogen and oxygen atoms in total. The first-order valence-electron chi connectivity index (χ1n) is 8.79. The molecule has 1 aliphatic heterocycles. The fraction of sp³-hybridized carbons (Fsp3) is 0.250. The first-order chi connectivity index (χ1) is 12.8. The van der Waals surface area contributed by atoms with Crippen molar-refractivity contribution >= 4 is 5.96 Å². The van der Waals surface area contributed by atoms with E-state index >= 15 is 0 Å². The summed E-state index contributed by atoms with van der Waals surface area (Å²) < 4.78 is 1.83. The molecule has 0 radical (unpaired) electrons. The van der Waals surface area contributed by atoms with E-state index in [2.05, 4.69) is 80.9 Å². The maximum Gasteiger partial charge on any atom is 0.194 e. The van der Waals surface area contributed by atoms with Crippen molar-refractivity contribution in [2.75, 3.05) is 20.1 Å². The van der Waals surface area contributed by atoms with Crippen LogP contribution in [0.2, 0.25) is 0 Å². The molecule has 2 aromatic carbocycles. The minimum Gasteiger partial charge on any atom is -0.352 e. The summed E-state index contributed by atoms with van der Waals surface area (Å²) in [5.74, 6) is 0.975. The second-order valence-corrected chi connectivity index (χ2v) is 6.43. The van der Waals surface area contributed by atoms with Crippen molar-refractivity contribution in [3.63, 3.8) is 0 Å². The van der Waals surface area contributed by atoms with E-state index in [4.69, 9.17) is 0 Å². The molecule has 132 valence electrons. The molecular formula is C20H22N6. The average molecular weight is 346 g/mol. The third-order valence-corrected chi connectivity index (χ3v) is 4.59. The van der Waals surface area contributed by atoms with Crippen LogP contribution in [-0.2, 0) is 13.1 Å². The molecule has 0 atom stereocenters. The Morgan fingerprint density at radius 2 is 1.92 bits per heavy atom. The Hall–Kier alpha value is -3.15. The predicted molar refractivity (Wildman–Crippen MR) is 103 cm³/mol. The zero-order valence-corrected chi connectivity index (χ0v) is 14.8. The molecule has 0 saturated heterocycles. The van der Waals surface area contributed by atoms with Gasteiger partial charge in [0.1, 0.15) is 12.7 Å². The molecular weight excluding hydrogens is 324 g/mol. The summed E-state index contributed by atoms with van der Waals surface area (Å²) in [7, 11) is 2.07. The van der Waals surface area contributed by atoms with E-state index in [1.165, 1.54) is 22.3 Å². The monoisotopic (exact) mass is 346 g/mol. The molecule has 6 heteroatoms. The molecule has 0 amide bonds. The number of hydrogen-bond acceptors (Lipinski definition) is 5. The Kier molecular flexibility index (Phi) is 4.64. The normalized spacial score (nSPS) is 13.7. The Balaban J connectivity index is 1.50. The van der Waals surface area contributed by atoms with Crippen molar-refractivity contribution in [2.45, 2.75) is 13.1 Å². The first-order valence-corrected chi connectivity index (χ1v) is 8.79. The quantitative estimate of drug-likeness (QED) is 0.771. The number of aromatic nitrogens is 3. The molecule has 0 aliphatic carbocycles. The number of hydrogen-bond donors (Lipinski definition) is 1. The second kappa shape index (κ2) is 7.39.